The predicted octanol–water partition coefficient (Wildman–Crippen LogP) is 8.10. The lowest BCUT2D eigenvalue weighted by molar-refractivity contribution is -0.0250. The summed E-state index contributed by atoms with van der Waals surface area (Å²) in [5.41, 5.74) is 13.6. The van der Waals surface area contributed by atoms with Gasteiger partial charge < -0.3 is 14.5 Å². The maximum absolute atomic E-state index is 6.62. The molecule has 1 saturated carbocycles. The van der Waals surface area contributed by atoms with Gasteiger partial charge in [0.25, 0.3) is 0 Å². The SMILES string of the molecule is Cc1cc2c(cc1C)N(Cc1c(C)c(C)c(C)c(C)c1C)[C]N2CO[C@H]1C[C@H](C(C)C)CC[C@@H]1C. The number of benzene rings is 2. The molecule has 2 radical (unpaired) electrons. The molecule has 3 nitrogen and oxygen atoms in total. The van der Waals surface area contributed by atoms with Gasteiger partial charge in [-0.15, -0.1) is 0 Å². The fourth-order valence-corrected chi connectivity index (χ4v) is 5.98. The zero-order valence-corrected chi connectivity index (χ0v) is 23.8. The number of hydrogen-bond acceptors (Lipinski definition) is 3. The quantitative estimate of drug-likeness (QED) is 0.420. The van der Waals surface area contributed by atoms with Gasteiger partial charge in [0.1, 0.15) is 6.73 Å². The molecular weight excluding hydrogens is 428 g/mol. The Morgan fingerprint density at radius 1 is 0.829 bits per heavy atom. The number of rotatable bonds is 6. The van der Waals surface area contributed by atoms with Crippen LogP contribution in [0.2, 0.25) is 0 Å². The van der Waals surface area contributed by atoms with Crippen molar-refractivity contribution in [2.45, 2.75) is 101 Å². The number of aryl methyl sites for hydroxylation is 2. The fourth-order valence-electron chi connectivity index (χ4n) is 5.98. The highest BCUT2D eigenvalue weighted by molar-refractivity contribution is 5.80. The first-order valence-corrected chi connectivity index (χ1v) is 13.6. The molecule has 0 saturated heterocycles. The summed E-state index contributed by atoms with van der Waals surface area (Å²) in [6.07, 6.45) is 4.11. The Labute approximate surface area is 214 Å². The van der Waals surface area contributed by atoms with E-state index in [1.165, 1.54) is 75.1 Å². The summed E-state index contributed by atoms with van der Waals surface area (Å²) in [5, 5.41) is 0. The fraction of sp³-hybridized carbons (Fsp3) is 0.594. The van der Waals surface area contributed by atoms with Crippen LogP contribution in [0.25, 0.3) is 0 Å². The average Bonchev–Trinajstić information content (AvgIpc) is 3.14. The summed E-state index contributed by atoms with van der Waals surface area (Å²) in [4.78, 5) is 4.53. The van der Waals surface area contributed by atoms with Crippen LogP contribution in [0, 0.1) is 72.9 Å². The topological polar surface area (TPSA) is 15.7 Å². The molecule has 0 spiro atoms. The minimum absolute atomic E-state index is 0.328. The third-order valence-electron chi connectivity index (χ3n) is 9.41. The zero-order valence-electron chi connectivity index (χ0n) is 23.8. The van der Waals surface area contributed by atoms with Crippen molar-refractivity contribution in [1.29, 1.82) is 0 Å². The second kappa shape index (κ2) is 10.2. The van der Waals surface area contributed by atoms with Crippen LogP contribution >= 0.6 is 0 Å². The van der Waals surface area contributed by atoms with E-state index >= 15 is 0 Å². The van der Waals surface area contributed by atoms with E-state index in [1.54, 1.807) is 0 Å². The molecule has 1 aliphatic carbocycles. The van der Waals surface area contributed by atoms with Gasteiger partial charge >= 0.3 is 0 Å². The highest BCUT2D eigenvalue weighted by atomic mass is 16.5. The van der Waals surface area contributed by atoms with E-state index in [0.29, 0.717) is 18.8 Å². The van der Waals surface area contributed by atoms with Crippen LogP contribution in [0.5, 0.6) is 0 Å². The van der Waals surface area contributed by atoms with E-state index < -0.39 is 0 Å². The molecule has 1 heterocycles. The van der Waals surface area contributed by atoms with Crippen LogP contribution < -0.4 is 9.80 Å². The molecule has 0 bridgehead atoms. The van der Waals surface area contributed by atoms with Crippen LogP contribution in [-0.4, -0.2) is 12.8 Å². The van der Waals surface area contributed by atoms with Gasteiger partial charge in [-0.2, -0.15) is 0 Å². The van der Waals surface area contributed by atoms with Crippen molar-refractivity contribution in [1.82, 2.24) is 0 Å². The van der Waals surface area contributed by atoms with E-state index in [4.69, 9.17) is 4.74 Å². The van der Waals surface area contributed by atoms with Gasteiger partial charge in [-0.25, -0.2) is 0 Å². The third kappa shape index (κ3) is 4.99. The molecule has 0 unspecified atom stereocenters. The molecule has 2 aromatic rings. The monoisotopic (exact) mass is 474 g/mol. The largest absolute Gasteiger partial charge is 0.358 e. The molecule has 4 rings (SSSR count). The molecule has 190 valence electrons. The van der Waals surface area contributed by atoms with Gasteiger partial charge in [-0.3, -0.25) is 0 Å². The van der Waals surface area contributed by atoms with Gasteiger partial charge in [-0.1, -0.05) is 20.8 Å². The van der Waals surface area contributed by atoms with Crippen molar-refractivity contribution < 1.29 is 4.74 Å². The van der Waals surface area contributed by atoms with Crippen LogP contribution in [0.3, 0.4) is 0 Å². The van der Waals surface area contributed by atoms with Crippen molar-refractivity contribution in [3.05, 3.63) is 63.3 Å². The number of fused-ring (bicyclic) bond motifs is 1. The summed E-state index contributed by atoms with van der Waals surface area (Å²) < 4.78 is 6.62. The summed E-state index contributed by atoms with van der Waals surface area (Å²) in [6, 6.07) is 4.64. The second-order valence-electron chi connectivity index (χ2n) is 11.8. The van der Waals surface area contributed by atoms with E-state index in [1.807, 2.05) is 0 Å². The van der Waals surface area contributed by atoms with Crippen molar-refractivity contribution in [2.75, 3.05) is 16.5 Å². The second-order valence-corrected chi connectivity index (χ2v) is 11.8. The van der Waals surface area contributed by atoms with E-state index in [-0.39, 0.29) is 0 Å². The predicted molar refractivity (Wildman–Crippen MR) is 149 cm³/mol. The highest BCUT2D eigenvalue weighted by Crippen LogP contribution is 2.42. The van der Waals surface area contributed by atoms with Crippen LogP contribution in [-0.2, 0) is 11.3 Å². The number of nitrogens with zero attached hydrogens (tertiary/aromatic N) is 2. The van der Waals surface area contributed by atoms with Gasteiger partial charge in [0, 0.05) is 6.54 Å². The average molecular weight is 475 g/mol. The summed E-state index contributed by atoms with van der Waals surface area (Å²) >= 11 is 0. The highest BCUT2D eigenvalue weighted by Gasteiger charge is 2.33. The Kier molecular flexibility index (Phi) is 7.57. The summed E-state index contributed by atoms with van der Waals surface area (Å²) in [5.74, 6) is 2.12. The molecule has 1 aliphatic heterocycles. The molecular formula is C32H46N2O. The van der Waals surface area contributed by atoms with Gasteiger partial charge in [0.15, 0.2) is 0 Å². The number of ether oxygens (including phenoxy) is 1. The Bertz CT molecular complexity index is 1060. The van der Waals surface area contributed by atoms with Crippen molar-refractivity contribution in [3.63, 3.8) is 0 Å². The molecule has 3 heteroatoms. The molecule has 0 aromatic heterocycles. The lowest BCUT2D eigenvalue weighted by atomic mass is 9.76. The first-order chi connectivity index (χ1) is 16.5. The maximum Gasteiger partial charge on any atom is 0.211 e. The Balaban J connectivity index is 1.58. The molecule has 35 heavy (non-hydrogen) atoms. The summed E-state index contributed by atoms with van der Waals surface area (Å²) in [7, 11) is 0. The molecule has 0 amide bonds. The number of hydrogen-bond donors (Lipinski definition) is 0. The standard InChI is InChI=1S/C32H46N2O/c1-19(2)28-12-11-20(3)32(15-28)35-18-34-17-33(30-13-21(4)22(5)14-31(30)34)16-29-26(9)24(7)23(6)25(8)27(29)10/h13-14,19-20,28,32H,11-12,15-16,18H2,1-10H3/t20-,28+,32-/m0/s1. The van der Waals surface area contributed by atoms with Gasteiger partial charge in [0.05, 0.1) is 17.5 Å². The first-order valence-electron chi connectivity index (χ1n) is 13.6. The zero-order chi connectivity index (χ0) is 25.6. The van der Waals surface area contributed by atoms with E-state index in [9.17, 15) is 0 Å². The Morgan fingerprint density at radius 2 is 1.37 bits per heavy atom. The van der Waals surface area contributed by atoms with Crippen molar-refractivity contribution in [2.24, 2.45) is 17.8 Å². The molecule has 2 aromatic carbocycles. The van der Waals surface area contributed by atoms with Crippen molar-refractivity contribution >= 4 is 11.4 Å². The van der Waals surface area contributed by atoms with Gasteiger partial charge in [-0.05, 0) is 142 Å². The molecule has 1 fully saturated rings. The van der Waals surface area contributed by atoms with Crippen molar-refractivity contribution in [3.8, 4) is 0 Å². The van der Waals surface area contributed by atoms with Gasteiger partial charge in [0.2, 0.25) is 6.67 Å². The van der Waals surface area contributed by atoms with Crippen LogP contribution in [0.15, 0.2) is 12.1 Å². The number of anilines is 2. The smallest absolute Gasteiger partial charge is 0.211 e. The normalized spacial score (nSPS) is 22.3. The van der Waals surface area contributed by atoms with E-state index in [0.717, 1.165) is 18.4 Å². The summed E-state index contributed by atoms with van der Waals surface area (Å²) in [6.45, 7) is 27.9. The van der Waals surface area contributed by atoms with Crippen LogP contribution in [0.1, 0.15) is 84.5 Å². The lowest BCUT2D eigenvalue weighted by Gasteiger charge is -2.37. The third-order valence-corrected chi connectivity index (χ3v) is 9.41. The maximum atomic E-state index is 6.62. The minimum Gasteiger partial charge on any atom is -0.358 e. The lowest BCUT2D eigenvalue weighted by Crippen LogP contribution is -2.36. The minimum atomic E-state index is 0.328. The first kappa shape index (κ1) is 26.1. The Morgan fingerprint density at radius 3 is 1.94 bits per heavy atom. The molecule has 0 N–H and O–H groups in total. The molecule has 3 atom stereocenters. The van der Waals surface area contributed by atoms with E-state index in [2.05, 4.69) is 97.8 Å². The molecule has 2 aliphatic rings. The van der Waals surface area contributed by atoms with Crippen LogP contribution in [0.4, 0.5) is 11.4 Å². The Hall–Kier alpha value is -2.00.